The highest BCUT2D eigenvalue weighted by molar-refractivity contribution is 7.90. The highest BCUT2D eigenvalue weighted by atomic mass is 35.5. The minimum atomic E-state index is -3.48. The lowest BCUT2D eigenvalue weighted by molar-refractivity contribution is 0.585. The van der Waals surface area contributed by atoms with Gasteiger partial charge in [0, 0.05) is 0 Å². The molecular weight excluding hydrogens is 334 g/mol. The van der Waals surface area contributed by atoms with Crippen LogP contribution in [0.5, 0.6) is 0 Å². The van der Waals surface area contributed by atoms with Crippen molar-refractivity contribution in [3.63, 3.8) is 0 Å². The molecule has 2 rings (SSSR count). The molecule has 0 aliphatic carbocycles. The number of hydrogen-bond donors (Lipinski definition) is 0. The van der Waals surface area contributed by atoms with E-state index in [4.69, 9.17) is 23.2 Å². The van der Waals surface area contributed by atoms with E-state index in [1.54, 1.807) is 25.1 Å². The molecule has 0 saturated carbocycles. The first-order valence-electron chi connectivity index (χ1n) is 6.20. The Hall–Kier alpha value is -1.10. The molecule has 0 aromatic heterocycles. The minimum absolute atomic E-state index is 0.230. The summed E-state index contributed by atoms with van der Waals surface area (Å²) in [7, 11) is -3.48. The summed E-state index contributed by atoms with van der Waals surface area (Å²) < 4.78 is 38.0. The maximum atomic E-state index is 13.1. The molecule has 0 fully saturated rings. The fourth-order valence-electron chi connectivity index (χ4n) is 1.96. The summed E-state index contributed by atoms with van der Waals surface area (Å²) in [5.74, 6) is -0.684. The van der Waals surface area contributed by atoms with Gasteiger partial charge in [-0.25, -0.2) is 12.8 Å². The van der Waals surface area contributed by atoms with Gasteiger partial charge in [0.15, 0.2) is 9.84 Å². The van der Waals surface area contributed by atoms with E-state index >= 15 is 0 Å². The molecule has 6 heteroatoms. The molecule has 2 aromatic carbocycles. The van der Waals surface area contributed by atoms with Crippen molar-refractivity contribution in [2.45, 2.75) is 17.9 Å². The van der Waals surface area contributed by atoms with Gasteiger partial charge in [0.25, 0.3) is 0 Å². The monoisotopic (exact) mass is 346 g/mol. The van der Waals surface area contributed by atoms with Gasteiger partial charge in [-0.1, -0.05) is 41.4 Å². The normalized spacial score (nSPS) is 13.1. The highest BCUT2D eigenvalue weighted by Gasteiger charge is 2.23. The van der Waals surface area contributed by atoms with Crippen LogP contribution >= 0.6 is 23.2 Å². The summed E-state index contributed by atoms with van der Waals surface area (Å²) in [6.45, 7) is 1.58. The Morgan fingerprint density at radius 1 is 1.10 bits per heavy atom. The quantitative estimate of drug-likeness (QED) is 0.796. The van der Waals surface area contributed by atoms with Crippen LogP contribution in [-0.4, -0.2) is 8.42 Å². The van der Waals surface area contributed by atoms with Gasteiger partial charge in [-0.3, -0.25) is 0 Å². The Morgan fingerprint density at radius 2 is 1.81 bits per heavy atom. The van der Waals surface area contributed by atoms with Gasteiger partial charge in [-0.15, -0.1) is 0 Å². The SMILES string of the molecule is C[C@@H](c1ccc(Cl)c(Cl)c1)S(=O)(=O)Cc1cccc(F)c1. The predicted octanol–water partition coefficient (Wildman–Crippen LogP) is 4.81. The number of sulfone groups is 1. The van der Waals surface area contributed by atoms with E-state index in [9.17, 15) is 12.8 Å². The summed E-state index contributed by atoms with van der Waals surface area (Å²) in [5.41, 5.74) is 0.975. The second-order valence-electron chi connectivity index (χ2n) is 4.75. The summed E-state index contributed by atoms with van der Waals surface area (Å²) in [5, 5.41) is -0.0762. The van der Waals surface area contributed by atoms with Crippen molar-refractivity contribution in [2.24, 2.45) is 0 Å². The molecule has 21 heavy (non-hydrogen) atoms. The fraction of sp³-hybridized carbons (Fsp3) is 0.200. The van der Waals surface area contributed by atoms with Crippen LogP contribution < -0.4 is 0 Å². The molecule has 112 valence electrons. The molecule has 2 aromatic rings. The number of halogens is 3. The smallest absolute Gasteiger partial charge is 0.161 e. The molecule has 0 spiro atoms. The van der Waals surface area contributed by atoms with E-state index in [2.05, 4.69) is 0 Å². The summed E-state index contributed by atoms with van der Waals surface area (Å²) in [6.07, 6.45) is 0. The molecule has 0 N–H and O–H groups in total. The van der Waals surface area contributed by atoms with Gasteiger partial charge < -0.3 is 0 Å². The third kappa shape index (κ3) is 3.96. The van der Waals surface area contributed by atoms with Crippen LogP contribution in [-0.2, 0) is 15.6 Å². The molecular formula is C15H13Cl2FO2S. The maximum Gasteiger partial charge on any atom is 0.161 e. The Labute approximate surface area is 133 Å². The van der Waals surface area contributed by atoms with Crippen LogP contribution in [0.3, 0.4) is 0 Å². The van der Waals surface area contributed by atoms with E-state index in [-0.39, 0.29) is 5.75 Å². The van der Waals surface area contributed by atoms with E-state index in [1.165, 1.54) is 24.3 Å². The Balaban J connectivity index is 2.28. The van der Waals surface area contributed by atoms with Crippen LogP contribution in [0, 0.1) is 5.82 Å². The third-order valence-corrected chi connectivity index (χ3v) is 6.03. The lowest BCUT2D eigenvalue weighted by Crippen LogP contribution is -2.13. The standard InChI is InChI=1S/C15H13Cl2FO2S/c1-10(12-5-6-14(16)15(17)8-12)21(19,20)9-11-3-2-4-13(18)7-11/h2-8,10H,9H2,1H3/t10-/m0/s1. The van der Waals surface area contributed by atoms with Gasteiger partial charge in [0.2, 0.25) is 0 Å². The molecule has 0 heterocycles. The van der Waals surface area contributed by atoms with Crippen LogP contribution in [0.1, 0.15) is 23.3 Å². The first-order valence-corrected chi connectivity index (χ1v) is 8.67. The van der Waals surface area contributed by atoms with Crippen LogP contribution in [0.2, 0.25) is 10.0 Å². The molecule has 0 radical (unpaired) electrons. The highest BCUT2D eigenvalue weighted by Crippen LogP contribution is 2.30. The molecule has 0 aliphatic heterocycles. The van der Waals surface area contributed by atoms with Crippen LogP contribution in [0.15, 0.2) is 42.5 Å². The summed E-state index contributed by atoms with van der Waals surface area (Å²) >= 11 is 11.7. The first kappa shape index (κ1) is 16.3. The van der Waals surface area contributed by atoms with Crippen molar-refractivity contribution in [1.82, 2.24) is 0 Å². The predicted molar refractivity (Wildman–Crippen MR) is 83.9 cm³/mol. The van der Waals surface area contributed by atoms with Gasteiger partial charge in [0.05, 0.1) is 21.0 Å². The zero-order chi connectivity index (χ0) is 15.6. The van der Waals surface area contributed by atoms with Crippen molar-refractivity contribution < 1.29 is 12.8 Å². The average molecular weight is 347 g/mol. The van der Waals surface area contributed by atoms with Crippen molar-refractivity contribution in [1.29, 1.82) is 0 Å². The minimum Gasteiger partial charge on any atom is -0.228 e. The van der Waals surface area contributed by atoms with Crippen molar-refractivity contribution >= 4 is 33.0 Å². The topological polar surface area (TPSA) is 34.1 Å². The Bertz CT molecular complexity index is 760. The van der Waals surface area contributed by atoms with Crippen LogP contribution in [0.25, 0.3) is 0 Å². The lowest BCUT2D eigenvalue weighted by atomic mass is 10.2. The Morgan fingerprint density at radius 3 is 2.43 bits per heavy atom. The zero-order valence-corrected chi connectivity index (χ0v) is 13.5. The molecule has 0 saturated heterocycles. The van der Waals surface area contributed by atoms with E-state index < -0.39 is 20.9 Å². The van der Waals surface area contributed by atoms with E-state index in [0.717, 1.165) is 0 Å². The van der Waals surface area contributed by atoms with Crippen LogP contribution in [0.4, 0.5) is 4.39 Å². The first-order chi connectivity index (χ1) is 9.79. The van der Waals surface area contributed by atoms with E-state index in [0.29, 0.717) is 21.2 Å². The second kappa shape index (κ2) is 6.34. The van der Waals surface area contributed by atoms with Crippen molar-refractivity contribution in [3.8, 4) is 0 Å². The molecule has 0 aliphatic rings. The molecule has 0 amide bonds. The fourth-order valence-corrected chi connectivity index (χ4v) is 3.72. The zero-order valence-electron chi connectivity index (χ0n) is 11.2. The third-order valence-electron chi connectivity index (χ3n) is 3.21. The van der Waals surface area contributed by atoms with E-state index in [1.807, 2.05) is 0 Å². The van der Waals surface area contributed by atoms with Gasteiger partial charge in [-0.2, -0.15) is 0 Å². The molecule has 0 bridgehead atoms. The average Bonchev–Trinajstić information content (AvgIpc) is 2.40. The Kier molecular flexibility index (Phi) is 4.91. The van der Waals surface area contributed by atoms with Gasteiger partial charge in [-0.05, 0) is 42.3 Å². The second-order valence-corrected chi connectivity index (χ2v) is 7.89. The van der Waals surface area contributed by atoms with Crippen molar-refractivity contribution in [2.75, 3.05) is 0 Å². The number of benzene rings is 2. The molecule has 0 unspecified atom stereocenters. The summed E-state index contributed by atoms with van der Waals surface area (Å²) in [4.78, 5) is 0. The summed E-state index contributed by atoms with van der Waals surface area (Å²) in [6, 6.07) is 10.3. The van der Waals surface area contributed by atoms with Gasteiger partial charge in [0.1, 0.15) is 5.82 Å². The largest absolute Gasteiger partial charge is 0.228 e. The lowest BCUT2D eigenvalue weighted by Gasteiger charge is -2.14. The number of hydrogen-bond acceptors (Lipinski definition) is 2. The maximum absolute atomic E-state index is 13.1. The van der Waals surface area contributed by atoms with Crippen molar-refractivity contribution in [3.05, 3.63) is 69.5 Å². The molecule has 1 atom stereocenters. The molecule has 2 nitrogen and oxygen atoms in total. The van der Waals surface area contributed by atoms with Gasteiger partial charge >= 0.3 is 0 Å². The number of rotatable bonds is 4.